The molecular formula is C23H26N2O6S. The smallest absolute Gasteiger partial charge is 0.311 e. The molecule has 0 saturated carbocycles. The molecule has 170 valence electrons. The van der Waals surface area contributed by atoms with E-state index in [1.165, 1.54) is 22.0 Å². The third-order valence-electron chi connectivity index (χ3n) is 6.40. The number of benzene rings is 1. The van der Waals surface area contributed by atoms with Gasteiger partial charge in [0.05, 0.1) is 24.0 Å². The molecule has 0 radical (unpaired) electrons. The quantitative estimate of drug-likeness (QED) is 0.684. The van der Waals surface area contributed by atoms with Gasteiger partial charge in [0.2, 0.25) is 10.0 Å². The minimum Gasteiger partial charge on any atom is -0.469 e. The Balaban J connectivity index is 1.96. The second kappa shape index (κ2) is 8.31. The lowest BCUT2D eigenvalue weighted by molar-refractivity contribution is -0.148. The number of fused-ring (bicyclic) bond motifs is 4. The van der Waals surface area contributed by atoms with Crippen molar-refractivity contribution in [2.75, 3.05) is 13.7 Å². The highest BCUT2D eigenvalue weighted by Gasteiger charge is 2.60. The van der Waals surface area contributed by atoms with Gasteiger partial charge in [-0.1, -0.05) is 24.3 Å². The molecule has 9 heteroatoms. The van der Waals surface area contributed by atoms with Gasteiger partial charge in [-0.3, -0.25) is 9.59 Å². The Morgan fingerprint density at radius 3 is 2.66 bits per heavy atom. The number of aromatic nitrogens is 1. The summed E-state index contributed by atoms with van der Waals surface area (Å²) in [5.41, 5.74) is 1.42. The number of sulfonamides is 1. The van der Waals surface area contributed by atoms with Crippen LogP contribution in [0.3, 0.4) is 0 Å². The zero-order chi connectivity index (χ0) is 23.2. The predicted molar refractivity (Wildman–Crippen MR) is 118 cm³/mol. The molecule has 2 aromatic rings. The van der Waals surface area contributed by atoms with Crippen molar-refractivity contribution in [2.45, 2.75) is 37.4 Å². The molecule has 3 heterocycles. The number of methoxy groups -OCH3 is 1. The highest BCUT2D eigenvalue weighted by Crippen LogP contribution is 2.51. The fourth-order valence-electron chi connectivity index (χ4n) is 5.01. The first-order chi connectivity index (χ1) is 15.3. The zero-order valence-corrected chi connectivity index (χ0v) is 19.0. The first-order valence-corrected chi connectivity index (χ1v) is 11.9. The molecule has 32 heavy (non-hydrogen) atoms. The van der Waals surface area contributed by atoms with E-state index in [2.05, 4.69) is 0 Å². The standard InChI is InChI=1S/C23H26N2O6S/c1-4-6-15-9-10-18-21-20(23(28)31-3)17(13-26)19(12-24(18)22(15)27)25(21)32(29,30)16-8-5-7-14(2)11-16/h4-11,17,19-21,26H,12-13H2,1-3H3/t17-,19-,20+,21+/m0/s1. The lowest BCUT2D eigenvalue weighted by Crippen LogP contribution is -2.49. The molecule has 8 nitrogen and oxygen atoms in total. The van der Waals surface area contributed by atoms with Crippen LogP contribution in [0.4, 0.5) is 0 Å². The number of carbonyl (C=O) groups excluding carboxylic acids is 1. The molecule has 0 unspecified atom stereocenters. The van der Waals surface area contributed by atoms with Gasteiger partial charge in [-0.05, 0) is 43.7 Å². The summed E-state index contributed by atoms with van der Waals surface area (Å²) >= 11 is 0. The van der Waals surface area contributed by atoms with E-state index in [0.29, 0.717) is 11.3 Å². The molecule has 2 aliphatic heterocycles. The highest BCUT2D eigenvalue weighted by molar-refractivity contribution is 7.89. The average molecular weight is 459 g/mol. The van der Waals surface area contributed by atoms with Gasteiger partial charge in [0.25, 0.3) is 5.56 Å². The van der Waals surface area contributed by atoms with E-state index >= 15 is 0 Å². The van der Waals surface area contributed by atoms with Crippen LogP contribution in [0.5, 0.6) is 0 Å². The van der Waals surface area contributed by atoms with Crippen molar-refractivity contribution in [1.29, 1.82) is 0 Å². The molecule has 1 saturated heterocycles. The number of carbonyl (C=O) groups is 1. The highest BCUT2D eigenvalue weighted by atomic mass is 32.2. The number of aliphatic hydroxyl groups excluding tert-OH is 1. The number of hydrogen-bond acceptors (Lipinski definition) is 6. The van der Waals surface area contributed by atoms with Crippen LogP contribution in [0.25, 0.3) is 6.08 Å². The number of pyridine rings is 1. The third kappa shape index (κ3) is 3.32. The predicted octanol–water partition coefficient (Wildman–Crippen LogP) is 1.72. The summed E-state index contributed by atoms with van der Waals surface area (Å²) in [6.45, 7) is 3.23. The molecule has 0 spiro atoms. The first-order valence-electron chi connectivity index (χ1n) is 10.4. The Morgan fingerprint density at radius 1 is 1.28 bits per heavy atom. The topological polar surface area (TPSA) is 106 Å². The Hall–Kier alpha value is -2.75. The normalized spacial score (nSPS) is 25.1. The Labute approximate surface area is 186 Å². The molecule has 2 bridgehead atoms. The van der Waals surface area contributed by atoms with E-state index < -0.39 is 46.5 Å². The number of ether oxygens (including phenoxy) is 1. The maximum atomic E-state index is 13.8. The Kier molecular flexibility index (Phi) is 5.83. The SMILES string of the molecule is CC=Cc1ccc2n(c1=O)C[C@H]1[C@H](CO)[C@@H](C(=O)OC)[C@@H]2N1S(=O)(=O)c1cccc(C)c1. The number of nitrogens with zero attached hydrogens (tertiary/aromatic N) is 2. The van der Waals surface area contributed by atoms with Crippen LogP contribution in [0.2, 0.25) is 0 Å². The fraction of sp³-hybridized carbons (Fsp3) is 0.391. The molecule has 4 rings (SSSR count). The summed E-state index contributed by atoms with van der Waals surface area (Å²) in [6, 6.07) is 8.14. The van der Waals surface area contributed by atoms with E-state index in [-0.39, 0.29) is 17.0 Å². The maximum absolute atomic E-state index is 13.8. The molecule has 0 amide bonds. The van der Waals surface area contributed by atoms with E-state index in [4.69, 9.17) is 4.74 Å². The maximum Gasteiger partial charge on any atom is 0.311 e. The van der Waals surface area contributed by atoms with Crippen molar-refractivity contribution in [3.05, 3.63) is 69.6 Å². The van der Waals surface area contributed by atoms with Gasteiger partial charge < -0.3 is 14.4 Å². The van der Waals surface area contributed by atoms with Gasteiger partial charge in [0.1, 0.15) is 0 Å². The van der Waals surface area contributed by atoms with Crippen molar-refractivity contribution < 1.29 is 23.1 Å². The monoisotopic (exact) mass is 458 g/mol. The summed E-state index contributed by atoms with van der Waals surface area (Å²) < 4.78 is 35.4. The first kappa shape index (κ1) is 22.4. The molecule has 1 N–H and O–H groups in total. The Morgan fingerprint density at radius 2 is 2.03 bits per heavy atom. The second-order valence-corrected chi connectivity index (χ2v) is 10.0. The summed E-state index contributed by atoms with van der Waals surface area (Å²) in [7, 11) is -2.79. The summed E-state index contributed by atoms with van der Waals surface area (Å²) in [6.07, 6.45) is 3.44. The Bertz CT molecular complexity index is 1250. The van der Waals surface area contributed by atoms with Crippen molar-refractivity contribution >= 4 is 22.1 Å². The van der Waals surface area contributed by atoms with Crippen LogP contribution in [-0.2, 0) is 26.1 Å². The molecular weight excluding hydrogens is 432 g/mol. The zero-order valence-electron chi connectivity index (χ0n) is 18.1. The van der Waals surface area contributed by atoms with Crippen LogP contribution < -0.4 is 5.56 Å². The molecule has 1 aromatic carbocycles. The van der Waals surface area contributed by atoms with Gasteiger partial charge in [-0.25, -0.2) is 8.42 Å². The van der Waals surface area contributed by atoms with E-state index in [1.54, 1.807) is 56.3 Å². The number of rotatable bonds is 5. The van der Waals surface area contributed by atoms with Gasteiger partial charge in [0.15, 0.2) is 0 Å². The molecule has 1 fully saturated rings. The molecule has 2 aliphatic rings. The minimum absolute atomic E-state index is 0.0415. The van der Waals surface area contributed by atoms with Crippen LogP contribution in [-0.4, -0.2) is 48.1 Å². The van der Waals surface area contributed by atoms with Crippen LogP contribution >= 0.6 is 0 Å². The van der Waals surface area contributed by atoms with E-state index in [1.807, 2.05) is 0 Å². The summed E-state index contributed by atoms with van der Waals surface area (Å²) in [5, 5.41) is 10.2. The van der Waals surface area contributed by atoms with E-state index in [9.17, 15) is 23.1 Å². The number of hydrogen-bond donors (Lipinski definition) is 1. The number of aryl methyl sites for hydroxylation is 1. The summed E-state index contributed by atoms with van der Waals surface area (Å²) in [5.74, 6) is -2.26. The second-order valence-electron chi connectivity index (χ2n) is 8.19. The average Bonchev–Trinajstić information content (AvgIpc) is 3.03. The summed E-state index contributed by atoms with van der Waals surface area (Å²) in [4.78, 5) is 26.0. The van der Waals surface area contributed by atoms with Gasteiger partial charge in [0, 0.05) is 36.4 Å². The fourth-order valence-corrected chi connectivity index (χ4v) is 6.95. The van der Waals surface area contributed by atoms with Crippen LogP contribution in [0.15, 0.2) is 52.2 Å². The van der Waals surface area contributed by atoms with E-state index in [0.717, 1.165) is 5.56 Å². The van der Waals surface area contributed by atoms with Crippen molar-refractivity contribution in [2.24, 2.45) is 11.8 Å². The number of allylic oxidation sites excluding steroid dienone is 1. The lowest BCUT2D eigenvalue weighted by atomic mass is 9.87. The van der Waals surface area contributed by atoms with Gasteiger partial charge >= 0.3 is 5.97 Å². The number of aliphatic hydroxyl groups is 1. The van der Waals surface area contributed by atoms with Crippen LogP contribution in [0, 0.1) is 18.8 Å². The minimum atomic E-state index is -4.03. The molecule has 0 aliphatic carbocycles. The van der Waals surface area contributed by atoms with Gasteiger partial charge in [-0.2, -0.15) is 4.31 Å². The van der Waals surface area contributed by atoms with Gasteiger partial charge in [-0.15, -0.1) is 0 Å². The van der Waals surface area contributed by atoms with Crippen molar-refractivity contribution in [3.8, 4) is 0 Å². The largest absolute Gasteiger partial charge is 0.469 e. The molecule has 1 aromatic heterocycles. The van der Waals surface area contributed by atoms with Crippen molar-refractivity contribution in [3.63, 3.8) is 0 Å². The lowest BCUT2D eigenvalue weighted by Gasteiger charge is -2.37. The third-order valence-corrected chi connectivity index (χ3v) is 8.30. The number of esters is 1. The molecule has 4 atom stereocenters. The van der Waals surface area contributed by atoms with Crippen LogP contribution in [0.1, 0.15) is 29.8 Å². The van der Waals surface area contributed by atoms with Crippen molar-refractivity contribution in [1.82, 2.24) is 8.87 Å².